The Bertz CT molecular complexity index is 1390. The molecule has 1 aromatic heterocycles. The van der Waals surface area contributed by atoms with Gasteiger partial charge in [0.05, 0.1) is 17.3 Å². The number of alkyl halides is 3. The van der Waals surface area contributed by atoms with Crippen molar-refractivity contribution in [3.05, 3.63) is 82.1 Å². The van der Waals surface area contributed by atoms with Gasteiger partial charge in [0, 0.05) is 43.4 Å². The third kappa shape index (κ3) is 4.64. The van der Waals surface area contributed by atoms with Crippen LogP contribution in [0, 0.1) is 11.3 Å². The average Bonchev–Trinajstić information content (AvgIpc) is 3.29. The van der Waals surface area contributed by atoms with Crippen molar-refractivity contribution < 1.29 is 27.6 Å². The molecule has 0 radical (unpaired) electrons. The number of nitrogens with one attached hydrogen (secondary N) is 2. The molecule has 1 saturated heterocycles. The number of halogens is 3. The van der Waals surface area contributed by atoms with E-state index in [-0.39, 0.29) is 34.3 Å². The van der Waals surface area contributed by atoms with Gasteiger partial charge in [0.15, 0.2) is 5.76 Å². The monoisotopic (exact) mass is 510 g/mol. The number of hydrogen-bond donors (Lipinski definition) is 3. The summed E-state index contributed by atoms with van der Waals surface area (Å²) in [5.41, 5.74) is 2.25. The van der Waals surface area contributed by atoms with E-state index in [2.05, 4.69) is 10.5 Å². The van der Waals surface area contributed by atoms with Crippen LogP contribution in [0.25, 0.3) is 17.0 Å². The summed E-state index contributed by atoms with van der Waals surface area (Å²) in [5.74, 6) is -1.48. The van der Waals surface area contributed by atoms with Gasteiger partial charge in [0.1, 0.15) is 11.3 Å². The van der Waals surface area contributed by atoms with Crippen molar-refractivity contribution >= 4 is 17.4 Å². The van der Waals surface area contributed by atoms with Crippen LogP contribution in [-0.4, -0.2) is 47.0 Å². The standard InChI is InChI=1S/C27H25F3N4O3/c1-32-23(24-21(27(28,29)30)25(37-33-24)16-5-3-2-4-6-16)20-10-8-17-11-15(7-9-19(17)22(20)31)12-34-13-18(14-34)26(35)36/h2-7,9,11,18,31-32H,8,10,12-14H2,1H3,(H,35,36)/b23-20-,31-22?. The molecule has 2 aromatic carbocycles. The van der Waals surface area contributed by atoms with E-state index in [1.54, 1.807) is 18.2 Å². The van der Waals surface area contributed by atoms with E-state index < -0.39 is 17.7 Å². The first-order chi connectivity index (χ1) is 17.7. The number of nitrogens with zero attached hydrogens (tertiary/aromatic N) is 2. The van der Waals surface area contributed by atoms with Gasteiger partial charge < -0.3 is 14.9 Å². The number of carbonyl (C=O) groups is 1. The molecule has 37 heavy (non-hydrogen) atoms. The molecule has 1 aliphatic carbocycles. The summed E-state index contributed by atoms with van der Waals surface area (Å²) < 4.78 is 47.9. The number of fused-ring (bicyclic) bond motifs is 1. The predicted octanol–water partition coefficient (Wildman–Crippen LogP) is 4.82. The second kappa shape index (κ2) is 9.51. The molecule has 2 aliphatic rings. The van der Waals surface area contributed by atoms with E-state index >= 15 is 0 Å². The van der Waals surface area contributed by atoms with E-state index in [1.165, 1.54) is 19.2 Å². The van der Waals surface area contributed by atoms with Crippen LogP contribution in [0.4, 0.5) is 13.2 Å². The Balaban J connectivity index is 1.47. The second-order valence-corrected chi connectivity index (χ2v) is 9.30. The zero-order chi connectivity index (χ0) is 26.3. The third-order valence-electron chi connectivity index (χ3n) is 6.90. The van der Waals surface area contributed by atoms with Crippen LogP contribution in [0.15, 0.2) is 58.6 Å². The smallest absolute Gasteiger partial charge is 0.422 e. The molecule has 3 N–H and O–H groups in total. The first-order valence-electron chi connectivity index (χ1n) is 11.9. The maximum absolute atomic E-state index is 14.2. The maximum atomic E-state index is 14.2. The Morgan fingerprint density at radius 3 is 2.57 bits per heavy atom. The highest BCUT2D eigenvalue weighted by atomic mass is 19.4. The number of carboxylic acids is 1. The Hall–Kier alpha value is -3.92. The Kier molecular flexibility index (Phi) is 6.36. The molecule has 0 saturated carbocycles. The molecule has 1 aliphatic heterocycles. The van der Waals surface area contributed by atoms with Gasteiger partial charge in [-0.3, -0.25) is 15.1 Å². The quantitative estimate of drug-likeness (QED) is 0.440. The van der Waals surface area contributed by atoms with E-state index in [0.717, 1.165) is 11.1 Å². The molecule has 0 spiro atoms. The normalized spacial score (nSPS) is 17.8. The van der Waals surface area contributed by atoms with E-state index in [0.29, 0.717) is 43.6 Å². The molecule has 0 atom stereocenters. The molecule has 5 rings (SSSR count). The highest BCUT2D eigenvalue weighted by Gasteiger charge is 2.42. The Labute approximate surface area is 211 Å². The average molecular weight is 511 g/mol. The zero-order valence-corrected chi connectivity index (χ0v) is 20.0. The van der Waals surface area contributed by atoms with Crippen LogP contribution in [0.2, 0.25) is 0 Å². The van der Waals surface area contributed by atoms with Crippen LogP contribution in [0.3, 0.4) is 0 Å². The Morgan fingerprint density at radius 1 is 1.19 bits per heavy atom. The molecule has 0 unspecified atom stereocenters. The number of allylic oxidation sites excluding steroid dienone is 1. The topological polar surface area (TPSA) is 102 Å². The van der Waals surface area contributed by atoms with Gasteiger partial charge >= 0.3 is 12.1 Å². The molecular weight excluding hydrogens is 485 g/mol. The summed E-state index contributed by atoms with van der Waals surface area (Å²) in [6.07, 6.45) is -3.81. The lowest BCUT2D eigenvalue weighted by Crippen LogP contribution is -2.49. The molecule has 2 heterocycles. The van der Waals surface area contributed by atoms with Crippen LogP contribution in [0.5, 0.6) is 0 Å². The fourth-order valence-electron chi connectivity index (χ4n) is 5.03. The van der Waals surface area contributed by atoms with Gasteiger partial charge in [-0.25, -0.2) is 0 Å². The van der Waals surface area contributed by atoms with Gasteiger partial charge in [0.2, 0.25) is 0 Å². The minimum atomic E-state index is -4.72. The maximum Gasteiger partial charge on any atom is 0.422 e. The van der Waals surface area contributed by atoms with Crippen LogP contribution in [0.1, 0.15) is 34.4 Å². The van der Waals surface area contributed by atoms with E-state index in [1.807, 2.05) is 23.1 Å². The second-order valence-electron chi connectivity index (χ2n) is 9.30. The van der Waals surface area contributed by atoms with Gasteiger partial charge in [-0.15, -0.1) is 0 Å². The number of carboxylic acid groups (broad SMARTS) is 1. The number of aliphatic carboxylic acids is 1. The van der Waals surface area contributed by atoms with Crippen LogP contribution < -0.4 is 5.32 Å². The molecule has 3 aromatic rings. The van der Waals surface area contributed by atoms with Crippen molar-refractivity contribution in [2.45, 2.75) is 25.6 Å². The lowest BCUT2D eigenvalue weighted by atomic mass is 9.83. The van der Waals surface area contributed by atoms with Gasteiger partial charge in [-0.2, -0.15) is 13.2 Å². The van der Waals surface area contributed by atoms with E-state index in [9.17, 15) is 18.0 Å². The van der Waals surface area contributed by atoms with Crippen molar-refractivity contribution in [3.63, 3.8) is 0 Å². The number of aromatic nitrogens is 1. The van der Waals surface area contributed by atoms with Crippen molar-refractivity contribution in [1.82, 2.24) is 15.4 Å². The number of benzene rings is 2. The summed E-state index contributed by atoms with van der Waals surface area (Å²) in [4.78, 5) is 13.1. The van der Waals surface area contributed by atoms with Crippen molar-refractivity contribution in [2.24, 2.45) is 5.92 Å². The van der Waals surface area contributed by atoms with Crippen molar-refractivity contribution in [1.29, 1.82) is 5.41 Å². The number of aryl methyl sites for hydroxylation is 1. The summed E-state index contributed by atoms with van der Waals surface area (Å²) in [6, 6.07) is 13.7. The third-order valence-corrected chi connectivity index (χ3v) is 6.90. The van der Waals surface area contributed by atoms with Gasteiger partial charge in [-0.05, 0) is 24.0 Å². The predicted molar refractivity (Wildman–Crippen MR) is 131 cm³/mol. The highest BCUT2D eigenvalue weighted by molar-refractivity contribution is 6.16. The largest absolute Gasteiger partial charge is 0.481 e. The number of likely N-dealkylation sites (tertiary alicyclic amines) is 1. The van der Waals surface area contributed by atoms with Crippen LogP contribution >= 0.6 is 0 Å². The summed E-state index contributed by atoms with van der Waals surface area (Å²) in [7, 11) is 1.52. The highest BCUT2D eigenvalue weighted by Crippen LogP contribution is 2.42. The van der Waals surface area contributed by atoms with Crippen LogP contribution in [-0.2, 0) is 23.9 Å². The molecule has 10 heteroatoms. The first kappa shape index (κ1) is 24.8. The number of hydrogen-bond acceptors (Lipinski definition) is 6. The van der Waals surface area contributed by atoms with Gasteiger partial charge in [-0.1, -0.05) is 53.7 Å². The SMILES string of the molecule is CN/C(=C1/CCc2cc(CN3CC(C(=O)O)C3)ccc2C1=N)c1noc(-c2ccccc2)c1C(F)(F)F. The fourth-order valence-corrected chi connectivity index (χ4v) is 5.03. The van der Waals surface area contributed by atoms with E-state index in [4.69, 9.17) is 15.0 Å². The lowest BCUT2D eigenvalue weighted by molar-refractivity contribution is -0.147. The minimum absolute atomic E-state index is 0.123. The van der Waals surface area contributed by atoms with Gasteiger partial charge in [0.25, 0.3) is 0 Å². The molecule has 7 nitrogen and oxygen atoms in total. The molecule has 1 fully saturated rings. The fraction of sp³-hybridized carbons (Fsp3) is 0.296. The lowest BCUT2D eigenvalue weighted by Gasteiger charge is -2.36. The van der Waals surface area contributed by atoms with Crippen molar-refractivity contribution in [3.8, 4) is 11.3 Å². The summed E-state index contributed by atoms with van der Waals surface area (Å²) >= 11 is 0. The molecule has 192 valence electrons. The minimum Gasteiger partial charge on any atom is -0.481 e. The Morgan fingerprint density at radius 2 is 1.92 bits per heavy atom. The zero-order valence-electron chi connectivity index (χ0n) is 20.0. The molecule has 0 bridgehead atoms. The molecule has 0 amide bonds. The summed E-state index contributed by atoms with van der Waals surface area (Å²) in [5, 5.41) is 24.6. The molecular formula is C27H25F3N4O3. The van der Waals surface area contributed by atoms with Crippen molar-refractivity contribution in [2.75, 3.05) is 20.1 Å². The summed E-state index contributed by atoms with van der Waals surface area (Å²) in [6.45, 7) is 1.63. The number of rotatable bonds is 6. The first-order valence-corrected chi connectivity index (χ1v) is 11.9.